The molecule has 1 aromatic heterocycles. The Morgan fingerprint density at radius 1 is 1.15 bits per heavy atom. The Bertz CT molecular complexity index is 891. The molecule has 27 heavy (non-hydrogen) atoms. The molecular formula is C17H16N2O7S. The van der Waals surface area contributed by atoms with Crippen LogP contribution in [0.5, 0.6) is 0 Å². The zero-order valence-electron chi connectivity index (χ0n) is 14.5. The quantitative estimate of drug-likeness (QED) is 0.435. The molecule has 9 nitrogen and oxygen atoms in total. The number of hydrogen-bond donors (Lipinski definition) is 1. The van der Waals surface area contributed by atoms with Gasteiger partial charge in [0.1, 0.15) is 10.6 Å². The molecule has 2 aromatic rings. The van der Waals surface area contributed by atoms with Gasteiger partial charge in [0.25, 0.3) is 11.6 Å². The van der Waals surface area contributed by atoms with Gasteiger partial charge >= 0.3 is 11.9 Å². The zero-order valence-corrected chi connectivity index (χ0v) is 15.3. The summed E-state index contributed by atoms with van der Waals surface area (Å²) < 4.78 is 9.87. The number of ether oxygens (including phenoxy) is 2. The van der Waals surface area contributed by atoms with Crippen molar-refractivity contribution < 1.29 is 28.8 Å². The fourth-order valence-corrected chi connectivity index (χ4v) is 3.06. The molecule has 1 aromatic carbocycles. The summed E-state index contributed by atoms with van der Waals surface area (Å²) in [6, 6.07) is 5.13. The Balaban J connectivity index is 2.36. The lowest BCUT2D eigenvalue weighted by Crippen LogP contribution is -2.17. The second-order valence-electron chi connectivity index (χ2n) is 5.06. The highest BCUT2D eigenvalue weighted by Crippen LogP contribution is 2.30. The van der Waals surface area contributed by atoms with Crippen molar-refractivity contribution in [2.45, 2.75) is 13.8 Å². The Kier molecular flexibility index (Phi) is 6.61. The number of non-ortho nitro benzene ring substituents is 1. The molecule has 0 radical (unpaired) electrons. The minimum Gasteiger partial charge on any atom is -0.462 e. The maximum absolute atomic E-state index is 12.4. The van der Waals surface area contributed by atoms with Crippen molar-refractivity contribution in [1.82, 2.24) is 0 Å². The molecule has 10 heteroatoms. The van der Waals surface area contributed by atoms with Crippen LogP contribution in [0.15, 0.2) is 29.6 Å². The number of thiophene rings is 1. The van der Waals surface area contributed by atoms with Gasteiger partial charge in [-0.15, -0.1) is 11.3 Å². The van der Waals surface area contributed by atoms with E-state index in [9.17, 15) is 24.5 Å². The summed E-state index contributed by atoms with van der Waals surface area (Å²) in [6.07, 6.45) is 0. The van der Waals surface area contributed by atoms with E-state index < -0.39 is 22.8 Å². The van der Waals surface area contributed by atoms with Gasteiger partial charge in [-0.2, -0.15) is 0 Å². The van der Waals surface area contributed by atoms with Gasteiger partial charge in [-0.25, -0.2) is 9.59 Å². The zero-order chi connectivity index (χ0) is 20.0. The first-order valence-electron chi connectivity index (χ1n) is 7.90. The van der Waals surface area contributed by atoms with E-state index in [-0.39, 0.29) is 40.6 Å². The Hall–Kier alpha value is -3.27. The van der Waals surface area contributed by atoms with Crippen molar-refractivity contribution in [3.05, 3.63) is 56.5 Å². The van der Waals surface area contributed by atoms with Crippen molar-refractivity contribution in [2.24, 2.45) is 0 Å². The van der Waals surface area contributed by atoms with Gasteiger partial charge < -0.3 is 14.8 Å². The molecule has 0 spiro atoms. The SMILES string of the molecule is CCOC(=O)c1csc(NC(=O)c2cccc([N+](=O)[O-])c2)c1C(=O)OCC. The second-order valence-corrected chi connectivity index (χ2v) is 5.94. The van der Waals surface area contributed by atoms with Crippen molar-refractivity contribution in [3.8, 4) is 0 Å². The van der Waals surface area contributed by atoms with E-state index in [0.717, 1.165) is 17.4 Å². The molecule has 0 saturated carbocycles. The first-order valence-corrected chi connectivity index (χ1v) is 8.78. The molecule has 1 amide bonds. The van der Waals surface area contributed by atoms with E-state index in [1.807, 2.05) is 0 Å². The summed E-state index contributed by atoms with van der Waals surface area (Å²) in [7, 11) is 0. The van der Waals surface area contributed by atoms with E-state index in [1.54, 1.807) is 13.8 Å². The second kappa shape index (κ2) is 8.90. The standard InChI is InChI=1S/C17H16N2O7S/c1-3-25-16(21)12-9-27-15(13(12)17(22)26-4-2)18-14(20)10-6-5-7-11(8-10)19(23)24/h5-9H,3-4H2,1-2H3,(H,18,20). The number of anilines is 1. The number of benzene rings is 1. The summed E-state index contributed by atoms with van der Waals surface area (Å²) in [5, 5.41) is 14.8. The van der Waals surface area contributed by atoms with Crippen molar-refractivity contribution in [1.29, 1.82) is 0 Å². The van der Waals surface area contributed by atoms with Gasteiger partial charge in [0, 0.05) is 23.1 Å². The highest BCUT2D eigenvalue weighted by atomic mass is 32.1. The van der Waals surface area contributed by atoms with Crippen LogP contribution in [0.25, 0.3) is 0 Å². The lowest BCUT2D eigenvalue weighted by atomic mass is 10.1. The van der Waals surface area contributed by atoms with Crippen LogP contribution in [-0.2, 0) is 9.47 Å². The van der Waals surface area contributed by atoms with Gasteiger partial charge in [-0.05, 0) is 19.9 Å². The summed E-state index contributed by atoms with van der Waals surface area (Å²) in [4.78, 5) is 47.0. The average molecular weight is 392 g/mol. The highest BCUT2D eigenvalue weighted by molar-refractivity contribution is 7.15. The lowest BCUT2D eigenvalue weighted by Gasteiger charge is -2.08. The molecule has 1 heterocycles. The average Bonchev–Trinajstić information content (AvgIpc) is 3.06. The molecule has 0 fully saturated rings. The van der Waals surface area contributed by atoms with Gasteiger partial charge in [0.05, 0.1) is 23.7 Å². The van der Waals surface area contributed by atoms with Crippen LogP contribution in [0.4, 0.5) is 10.7 Å². The van der Waals surface area contributed by atoms with Gasteiger partial charge in [0.15, 0.2) is 0 Å². The van der Waals surface area contributed by atoms with E-state index in [1.165, 1.54) is 23.6 Å². The number of rotatable bonds is 7. The number of esters is 2. The third-order valence-electron chi connectivity index (χ3n) is 3.31. The van der Waals surface area contributed by atoms with E-state index in [4.69, 9.17) is 9.47 Å². The summed E-state index contributed by atoms with van der Waals surface area (Å²) >= 11 is 0.951. The van der Waals surface area contributed by atoms with E-state index in [2.05, 4.69) is 5.32 Å². The molecular weight excluding hydrogens is 376 g/mol. The number of carbonyl (C=O) groups is 3. The summed E-state index contributed by atoms with van der Waals surface area (Å²) in [5.41, 5.74) is -0.342. The number of nitro groups is 1. The van der Waals surface area contributed by atoms with Crippen molar-refractivity contribution in [3.63, 3.8) is 0 Å². The number of nitrogens with one attached hydrogen (secondary N) is 1. The summed E-state index contributed by atoms with van der Waals surface area (Å²) in [6.45, 7) is 3.43. The van der Waals surface area contributed by atoms with Gasteiger partial charge in [-0.1, -0.05) is 6.07 Å². The van der Waals surface area contributed by atoms with Crippen LogP contribution in [0.3, 0.4) is 0 Å². The van der Waals surface area contributed by atoms with Gasteiger partial charge in [-0.3, -0.25) is 14.9 Å². The molecule has 142 valence electrons. The number of hydrogen-bond acceptors (Lipinski definition) is 8. The van der Waals surface area contributed by atoms with Crippen LogP contribution in [-0.4, -0.2) is 36.0 Å². The van der Waals surface area contributed by atoms with E-state index >= 15 is 0 Å². The van der Waals surface area contributed by atoms with Crippen LogP contribution in [0.2, 0.25) is 0 Å². The van der Waals surface area contributed by atoms with Gasteiger partial charge in [0.2, 0.25) is 0 Å². The molecule has 2 rings (SSSR count). The Morgan fingerprint density at radius 3 is 2.44 bits per heavy atom. The number of amides is 1. The smallest absolute Gasteiger partial charge is 0.342 e. The molecule has 1 N–H and O–H groups in total. The molecule has 0 aliphatic rings. The third kappa shape index (κ3) is 4.67. The largest absolute Gasteiger partial charge is 0.462 e. The molecule has 0 aliphatic carbocycles. The number of carbonyl (C=O) groups excluding carboxylic acids is 3. The minimum absolute atomic E-state index is 0.0188. The Labute approximate surface area is 158 Å². The molecule has 0 atom stereocenters. The van der Waals surface area contributed by atoms with Crippen LogP contribution in [0, 0.1) is 10.1 Å². The van der Waals surface area contributed by atoms with Crippen LogP contribution < -0.4 is 5.32 Å². The monoisotopic (exact) mass is 392 g/mol. The fourth-order valence-electron chi connectivity index (χ4n) is 2.15. The van der Waals surface area contributed by atoms with Crippen molar-refractivity contribution in [2.75, 3.05) is 18.5 Å². The number of nitro benzene ring substituents is 1. The first kappa shape index (κ1) is 20.0. The highest BCUT2D eigenvalue weighted by Gasteiger charge is 2.27. The maximum Gasteiger partial charge on any atom is 0.342 e. The number of nitrogens with zero attached hydrogens (tertiary/aromatic N) is 1. The normalized spacial score (nSPS) is 10.1. The van der Waals surface area contributed by atoms with Crippen LogP contribution >= 0.6 is 11.3 Å². The minimum atomic E-state index is -0.781. The summed E-state index contributed by atoms with van der Waals surface area (Å²) in [5.74, 6) is -2.16. The maximum atomic E-state index is 12.4. The third-order valence-corrected chi connectivity index (χ3v) is 4.21. The molecule has 0 aliphatic heterocycles. The van der Waals surface area contributed by atoms with Crippen LogP contribution in [0.1, 0.15) is 44.9 Å². The molecule has 0 saturated heterocycles. The lowest BCUT2D eigenvalue weighted by molar-refractivity contribution is -0.384. The predicted octanol–water partition coefficient (Wildman–Crippen LogP) is 3.26. The Morgan fingerprint density at radius 2 is 1.81 bits per heavy atom. The fraction of sp³-hybridized carbons (Fsp3) is 0.235. The van der Waals surface area contributed by atoms with E-state index in [0.29, 0.717) is 0 Å². The predicted molar refractivity (Wildman–Crippen MR) is 97.3 cm³/mol. The molecule has 0 unspecified atom stereocenters. The van der Waals surface area contributed by atoms with Crippen molar-refractivity contribution >= 4 is 39.9 Å². The molecule has 0 bridgehead atoms. The first-order chi connectivity index (χ1) is 12.9. The topological polar surface area (TPSA) is 125 Å².